The Morgan fingerprint density at radius 1 is 1.56 bits per heavy atom. The first-order chi connectivity index (χ1) is 12.0. The summed E-state index contributed by atoms with van der Waals surface area (Å²) in [6, 6.07) is 1.56. The molecular formula is C13H17FN6O4S. The van der Waals surface area contributed by atoms with Gasteiger partial charge in [-0.05, 0) is 11.6 Å². The molecule has 10 nitrogen and oxygen atoms in total. The van der Waals surface area contributed by atoms with Crippen LogP contribution in [0, 0.1) is 0 Å². The Hall–Kier alpha value is -1.85. The standard InChI is InChI=1S/C13H17FN6O4S/c14-9-10(22)13(7-21,17-18-15)24-11(9)20-2-1-8(16-12(20)23)19-3-5-25-6-4-19/h1-2,9-11,21-22H,3-7H2/t9-,10-,11+,13+/m0/s1. The predicted octanol–water partition coefficient (Wildman–Crippen LogP) is 0.0232. The average Bonchev–Trinajstić information content (AvgIpc) is 2.88. The Morgan fingerprint density at radius 2 is 2.28 bits per heavy atom. The Morgan fingerprint density at radius 3 is 2.88 bits per heavy atom. The molecule has 0 bridgehead atoms. The van der Waals surface area contributed by atoms with Gasteiger partial charge in [-0.25, -0.2) is 9.18 Å². The fourth-order valence-corrected chi connectivity index (χ4v) is 3.75. The van der Waals surface area contributed by atoms with Crippen molar-refractivity contribution in [2.75, 3.05) is 36.1 Å². The number of nitrogens with zero attached hydrogens (tertiary/aromatic N) is 6. The summed E-state index contributed by atoms with van der Waals surface area (Å²) >= 11 is 1.81. The van der Waals surface area contributed by atoms with Crippen molar-refractivity contribution in [3.8, 4) is 0 Å². The van der Waals surface area contributed by atoms with Gasteiger partial charge in [-0.3, -0.25) is 4.57 Å². The maximum atomic E-state index is 14.4. The van der Waals surface area contributed by atoms with Gasteiger partial charge in [-0.2, -0.15) is 16.7 Å². The van der Waals surface area contributed by atoms with Gasteiger partial charge in [0, 0.05) is 35.7 Å². The highest BCUT2D eigenvalue weighted by molar-refractivity contribution is 7.99. The van der Waals surface area contributed by atoms with Gasteiger partial charge in [0.2, 0.25) is 5.72 Å². The first-order valence-electron chi connectivity index (χ1n) is 7.61. The molecule has 0 spiro atoms. The Balaban J connectivity index is 1.89. The van der Waals surface area contributed by atoms with E-state index in [4.69, 9.17) is 10.3 Å². The molecule has 2 saturated heterocycles. The molecule has 2 aliphatic heterocycles. The molecular weight excluding hydrogens is 355 g/mol. The summed E-state index contributed by atoms with van der Waals surface area (Å²) < 4.78 is 20.5. The second kappa shape index (κ2) is 7.18. The monoisotopic (exact) mass is 372 g/mol. The van der Waals surface area contributed by atoms with Crippen molar-refractivity contribution in [1.82, 2.24) is 9.55 Å². The molecule has 12 heteroatoms. The molecule has 0 saturated carbocycles. The van der Waals surface area contributed by atoms with E-state index in [0.29, 0.717) is 5.82 Å². The van der Waals surface area contributed by atoms with E-state index in [0.717, 1.165) is 29.2 Å². The number of hydrogen-bond acceptors (Lipinski definition) is 8. The molecule has 3 rings (SSSR count). The third-order valence-electron chi connectivity index (χ3n) is 4.23. The fraction of sp³-hybridized carbons (Fsp3) is 0.692. The van der Waals surface area contributed by atoms with Gasteiger partial charge in [-0.1, -0.05) is 5.11 Å². The third kappa shape index (κ3) is 3.18. The van der Waals surface area contributed by atoms with Crippen LogP contribution in [-0.4, -0.2) is 69.0 Å². The number of rotatable bonds is 4. The molecule has 2 fully saturated rings. The molecule has 0 radical (unpaired) electrons. The van der Waals surface area contributed by atoms with E-state index in [1.165, 1.54) is 6.20 Å². The Labute approximate surface area is 145 Å². The molecule has 0 amide bonds. The minimum Gasteiger partial charge on any atom is -0.393 e. The van der Waals surface area contributed by atoms with Crippen LogP contribution in [0.2, 0.25) is 0 Å². The molecule has 25 heavy (non-hydrogen) atoms. The molecule has 1 aromatic rings. The highest BCUT2D eigenvalue weighted by atomic mass is 32.2. The van der Waals surface area contributed by atoms with E-state index in [1.54, 1.807) is 6.07 Å². The van der Waals surface area contributed by atoms with Crippen molar-refractivity contribution >= 4 is 17.6 Å². The van der Waals surface area contributed by atoms with Crippen LogP contribution in [-0.2, 0) is 4.74 Å². The summed E-state index contributed by atoms with van der Waals surface area (Å²) in [5.74, 6) is 2.35. The SMILES string of the molecule is [N-]=[N+]=N[C@]1(CO)O[C@@H](n2ccc(N3CCSCC3)nc2=O)[C@@H](F)[C@@H]1O. The van der Waals surface area contributed by atoms with Gasteiger partial charge in [-0.15, -0.1) is 0 Å². The first-order valence-corrected chi connectivity index (χ1v) is 8.77. The Bertz CT molecular complexity index is 737. The van der Waals surface area contributed by atoms with E-state index in [1.807, 2.05) is 16.7 Å². The minimum absolute atomic E-state index is 0.485. The number of halogens is 1. The van der Waals surface area contributed by atoms with Crippen molar-refractivity contribution in [1.29, 1.82) is 0 Å². The predicted molar refractivity (Wildman–Crippen MR) is 88.0 cm³/mol. The minimum atomic E-state index is -2.18. The second-order valence-corrected chi connectivity index (χ2v) is 6.89. The molecule has 1 aromatic heterocycles. The maximum Gasteiger partial charge on any atom is 0.351 e. The topological polar surface area (TPSA) is 137 Å². The number of thioether (sulfide) groups is 1. The quantitative estimate of drug-likeness (QED) is 0.432. The van der Waals surface area contributed by atoms with E-state index in [-0.39, 0.29) is 0 Å². The molecule has 0 unspecified atom stereocenters. The van der Waals surface area contributed by atoms with E-state index in [2.05, 4.69) is 15.0 Å². The average molecular weight is 372 g/mol. The van der Waals surface area contributed by atoms with Crippen LogP contribution in [0.25, 0.3) is 10.4 Å². The van der Waals surface area contributed by atoms with Crippen molar-refractivity contribution in [2.24, 2.45) is 5.11 Å². The Kier molecular flexibility index (Phi) is 5.16. The van der Waals surface area contributed by atoms with Gasteiger partial charge in [0.15, 0.2) is 12.4 Å². The zero-order valence-corrected chi connectivity index (χ0v) is 13.9. The highest BCUT2D eigenvalue weighted by Gasteiger charge is 2.56. The van der Waals surface area contributed by atoms with Crippen LogP contribution in [0.1, 0.15) is 6.23 Å². The lowest BCUT2D eigenvalue weighted by Crippen LogP contribution is -2.43. The van der Waals surface area contributed by atoms with E-state index >= 15 is 0 Å². The smallest absolute Gasteiger partial charge is 0.351 e. The summed E-state index contributed by atoms with van der Waals surface area (Å²) in [5, 5.41) is 22.5. The summed E-state index contributed by atoms with van der Waals surface area (Å²) in [6.07, 6.45) is -4.22. The highest BCUT2D eigenvalue weighted by Crippen LogP contribution is 2.39. The number of aliphatic hydroxyl groups excluding tert-OH is 2. The molecule has 3 heterocycles. The van der Waals surface area contributed by atoms with Gasteiger partial charge < -0.3 is 19.8 Å². The first kappa shape index (κ1) is 18.0. The van der Waals surface area contributed by atoms with Crippen LogP contribution in [0.5, 0.6) is 0 Å². The summed E-state index contributed by atoms with van der Waals surface area (Å²) in [5.41, 5.74) is 5.63. The maximum absolute atomic E-state index is 14.4. The number of anilines is 1. The number of alkyl halides is 1. The van der Waals surface area contributed by atoms with Gasteiger partial charge in [0.1, 0.15) is 11.9 Å². The second-order valence-electron chi connectivity index (χ2n) is 5.67. The largest absolute Gasteiger partial charge is 0.393 e. The zero-order valence-electron chi connectivity index (χ0n) is 13.1. The number of aliphatic hydroxyl groups is 2. The van der Waals surface area contributed by atoms with Crippen LogP contribution in [0.3, 0.4) is 0 Å². The molecule has 4 atom stereocenters. The van der Waals surface area contributed by atoms with Crippen LogP contribution in [0.15, 0.2) is 22.2 Å². The lowest BCUT2D eigenvalue weighted by molar-refractivity contribution is -0.124. The zero-order chi connectivity index (χ0) is 18.0. The molecule has 0 aliphatic carbocycles. The van der Waals surface area contributed by atoms with Crippen molar-refractivity contribution in [3.05, 3.63) is 33.2 Å². The van der Waals surface area contributed by atoms with Crippen LogP contribution >= 0.6 is 11.8 Å². The van der Waals surface area contributed by atoms with Gasteiger partial charge >= 0.3 is 5.69 Å². The van der Waals surface area contributed by atoms with Crippen LogP contribution < -0.4 is 10.6 Å². The number of ether oxygens (including phenoxy) is 1. The van der Waals surface area contributed by atoms with Gasteiger partial charge in [0.25, 0.3) is 0 Å². The lowest BCUT2D eigenvalue weighted by atomic mass is 10.1. The fourth-order valence-electron chi connectivity index (χ4n) is 2.85. The van der Waals surface area contributed by atoms with E-state index < -0.39 is 36.5 Å². The lowest BCUT2D eigenvalue weighted by Gasteiger charge is -2.27. The normalized spacial score (nSPS) is 32.4. The summed E-state index contributed by atoms with van der Waals surface area (Å²) in [4.78, 5) is 20.7. The van der Waals surface area contributed by atoms with Crippen LogP contribution in [0.4, 0.5) is 10.2 Å². The number of hydrogen-bond donors (Lipinski definition) is 2. The van der Waals surface area contributed by atoms with Crippen molar-refractivity contribution in [3.63, 3.8) is 0 Å². The molecule has 2 aliphatic rings. The summed E-state index contributed by atoms with van der Waals surface area (Å²) in [7, 11) is 0. The molecule has 0 aromatic carbocycles. The van der Waals surface area contributed by atoms with Crippen molar-refractivity contribution in [2.45, 2.75) is 24.2 Å². The van der Waals surface area contributed by atoms with Gasteiger partial charge in [0.05, 0.1) is 6.61 Å². The molecule has 2 N–H and O–H groups in total. The number of azide groups is 1. The van der Waals surface area contributed by atoms with E-state index in [9.17, 15) is 19.4 Å². The van der Waals surface area contributed by atoms with Crippen molar-refractivity contribution < 1.29 is 19.3 Å². The molecule has 136 valence electrons. The summed E-state index contributed by atoms with van der Waals surface area (Å²) in [6.45, 7) is 0.590. The third-order valence-corrected chi connectivity index (χ3v) is 5.17. The number of aromatic nitrogens is 2.